The number of likely N-dealkylation sites (N-methyl/N-ethyl adjacent to an activating group) is 1. The fraction of sp³-hybridized carbons (Fsp3) is 0.833. The number of nitrogens with one attached hydrogen (secondary N) is 1. The van der Waals surface area contributed by atoms with E-state index in [1.54, 1.807) is 11.8 Å². The largest absolute Gasteiger partial charge is 0.481 e. The minimum Gasteiger partial charge on any atom is -0.481 e. The van der Waals surface area contributed by atoms with Crippen LogP contribution in [0.2, 0.25) is 0 Å². The predicted octanol–water partition coefficient (Wildman–Crippen LogP) is 0.443. The second-order valence-electron chi connectivity index (χ2n) is 4.98. The van der Waals surface area contributed by atoms with Crippen molar-refractivity contribution in [1.82, 2.24) is 15.1 Å². The van der Waals surface area contributed by atoms with Gasteiger partial charge in [-0.25, -0.2) is 4.79 Å². The van der Waals surface area contributed by atoms with Gasteiger partial charge in [-0.05, 0) is 26.9 Å². The molecule has 6 nitrogen and oxygen atoms in total. The number of carbonyl (C=O) groups is 2. The third-order valence-corrected chi connectivity index (χ3v) is 3.30. The Morgan fingerprint density at radius 2 is 2.22 bits per heavy atom. The van der Waals surface area contributed by atoms with Crippen molar-refractivity contribution in [3.05, 3.63) is 0 Å². The number of rotatable bonds is 5. The maximum absolute atomic E-state index is 12.0. The summed E-state index contributed by atoms with van der Waals surface area (Å²) in [5, 5.41) is 11.8. The highest BCUT2D eigenvalue weighted by atomic mass is 16.4. The van der Waals surface area contributed by atoms with Crippen LogP contribution in [0.25, 0.3) is 0 Å². The summed E-state index contributed by atoms with van der Waals surface area (Å²) in [5.74, 6) is -1.41. The van der Waals surface area contributed by atoms with E-state index in [1.807, 2.05) is 14.0 Å². The van der Waals surface area contributed by atoms with Crippen LogP contribution >= 0.6 is 0 Å². The van der Waals surface area contributed by atoms with Crippen LogP contribution in [0.15, 0.2) is 0 Å². The highest BCUT2D eigenvalue weighted by molar-refractivity contribution is 5.76. The molecule has 0 spiro atoms. The van der Waals surface area contributed by atoms with Gasteiger partial charge in [-0.3, -0.25) is 4.79 Å². The van der Waals surface area contributed by atoms with Crippen molar-refractivity contribution in [2.24, 2.45) is 5.92 Å². The number of nitrogens with zero attached hydrogens (tertiary/aromatic N) is 2. The van der Waals surface area contributed by atoms with Gasteiger partial charge in [0.15, 0.2) is 0 Å². The minimum absolute atomic E-state index is 0.161. The van der Waals surface area contributed by atoms with Gasteiger partial charge >= 0.3 is 12.0 Å². The molecule has 1 aliphatic rings. The van der Waals surface area contributed by atoms with E-state index in [0.29, 0.717) is 6.54 Å². The number of urea groups is 1. The van der Waals surface area contributed by atoms with Gasteiger partial charge in [0.05, 0.1) is 5.92 Å². The Morgan fingerprint density at radius 1 is 1.56 bits per heavy atom. The molecule has 0 aromatic rings. The summed E-state index contributed by atoms with van der Waals surface area (Å²) in [4.78, 5) is 26.5. The molecule has 1 heterocycles. The van der Waals surface area contributed by atoms with Crippen molar-refractivity contribution in [3.8, 4) is 0 Å². The standard InChI is InChI=1S/C12H23N3O3/c1-4-15(7-9(2)11(16)17)12(18)13-10-5-6-14(3)8-10/h9-10H,4-8H2,1-3H3,(H,13,18)(H,16,17). The molecule has 2 N–H and O–H groups in total. The van der Waals surface area contributed by atoms with Crippen molar-refractivity contribution >= 4 is 12.0 Å². The molecule has 2 atom stereocenters. The summed E-state index contributed by atoms with van der Waals surface area (Å²) in [6.07, 6.45) is 0.953. The third-order valence-electron chi connectivity index (χ3n) is 3.30. The summed E-state index contributed by atoms with van der Waals surface area (Å²) in [6.45, 7) is 6.09. The average molecular weight is 257 g/mol. The molecule has 0 bridgehead atoms. The second-order valence-corrected chi connectivity index (χ2v) is 4.98. The molecule has 0 aromatic carbocycles. The SMILES string of the molecule is CCN(CC(C)C(=O)O)C(=O)NC1CCN(C)C1. The minimum atomic E-state index is -0.873. The van der Waals surface area contributed by atoms with Gasteiger partial charge in [0, 0.05) is 25.7 Å². The molecule has 1 aliphatic heterocycles. The summed E-state index contributed by atoms with van der Waals surface area (Å²) in [5.41, 5.74) is 0. The molecule has 2 unspecified atom stereocenters. The summed E-state index contributed by atoms with van der Waals surface area (Å²) < 4.78 is 0. The van der Waals surface area contributed by atoms with Crippen LogP contribution in [0, 0.1) is 5.92 Å². The van der Waals surface area contributed by atoms with E-state index in [4.69, 9.17) is 5.11 Å². The van der Waals surface area contributed by atoms with Gasteiger partial charge in [-0.2, -0.15) is 0 Å². The number of hydrogen-bond acceptors (Lipinski definition) is 3. The molecule has 0 radical (unpaired) electrons. The van der Waals surface area contributed by atoms with Gasteiger partial charge in [-0.15, -0.1) is 0 Å². The van der Waals surface area contributed by atoms with Crippen LogP contribution in [0.1, 0.15) is 20.3 Å². The number of carbonyl (C=O) groups excluding carboxylic acids is 1. The van der Waals surface area contributed by atoms with Crippen molar-refractivity contribution in [3.63, 3.8) is 0 Å². The monoisotopic (exact) mass is 257 g/mol. The summed E-state index contributed by atoms with van der Waals surface area (Å²) >= 11 is 0. The summed E-state index contributed by atoms with van der Waals surface area (Å²) in [6, 6.07) is 0.0163. The fourth-order valence-corrected chi connectivity index (χ4v) is 2.08. The van der Waals surface area contributed by atoms with Crippen LogP contribution < -0.4 is 5.32 Å². The van der Waals surface area contributed by atoms with Crippen molar-refractivity contribution in [1.29, 1.82) is 0 Å². The Bertz CT molecular complexity index is 309. The molecule has 0 aromatic heterocycles. The van der Waals surface area contributed by atoms with E-state index < -0.39 is 11.9 Å². The third kappa shape index (κ3) is 4.18. The highest BCUT2D eigenvalue weighted by Crippen LogP contribution is 2.07. The van der Waals surface area contributed by atoms with Crippen LogP contribution in [0.3, 0.4) is 0 Å². The number of aliphatic carboxylic acids is 1. The molecule has 2 amide bonds. The topological polar surface area (TPSA) is 72.9 Å². The maximum Gasteiger partial charge on any atom is 0.317 e. The fourth-order valence-electron chi connectivity index (χ4n) is 2.08. The van der Waals surface area contributed by atoms with Gasteiger partial charge in [-0.1, -0.05) is 6.92 Å². The number of amides is 2. The molecule has 1 saturated heterocycles. The number of carboxylic acid groups (broad SMARTS) is 1. The smallest absolute Gasteiger partial charge is 0.317 e. The normalized spacial score (nSPS) is 21.6. The predicted molar refractivity (Wildman–Crippen MR) is 68.5 cm³/mol. The lowest BCUT2D eigenvalue weighted by molar-refractivity contribution is -0.141. The Balaban J connectivity index is 2.44. The van der Waals surface area contributed by atoms with Crippen LogP contribution in [0.4, 0.5) is 4.79 Å². The lowest BCUT2D eigenvalue weighted by atomic mass is 10.2. The van der Waals surface area contributed by atoms with E-state index in [0.717, 1.165) is 19.5 Å². The van der Waals surface area contributed by atoms with E-state index in [-0.39, 0.29) is 18.6 Å². The van der Waals surface area contributed by atoms with E-state index in [1.165, 1.54) is 0 Å². The lowest BCUT2D eigenvalue weighted by Gasteiger charge is -2.25. The molecular formula is C12H23N3O3. The molecule has 6 heteroatoms. The Labute approximate surface area is 108 Å². The molecule has 0 saturated carbocycles. The molecule has 18 heavy (non-hydrogen) atoms. The molecule has 104 valence electrons. The quantitative estimate of drug-likeness (QED) is 0.749. The first kappa shape index (κ1) is 14.8. The zero-order chi connectivity index (χ0) is 13.7. The average Bonchev–Trinajstić information content (AvgIpc) is 2.70. The lowest BCUT2D eigenvalue weighted by Crippen LogP contribution is -2.47. The first-order valence-electron chi connectivity index (χ1n) is 6.40. The number of hydrogen-bond donors (Lipinski definition) is 2. The van der Waals surface area contributed by atoms with Gasteiger partial charge in [0.1, 0.15) is 0 Å². The Kier molecular flexibility index (Phi) is 5.40. The van der Waals surface area contributed by atoms with Gasteiger partial charge < -0.3 is 20.2 Å². The Morgan fingerprint density at radius 3 is 2.67 bits per heavy atom. The molecule has 1 rings (SSSR count). The molecular weight excluding hydrogens is 234 g/mol. The number of likely N-dealkylation sites (tertiary alicyclic amines) is 1. The van der Waals surface area contributed by atoms with Gasteiger partial charge in [0.2, 0.25) is 0 Å². The van der Waals surface area contributed by atoms with Gasteiger partial charge in [0.25, 0.3) is 0 Å². The Hall–Kier alpha value is -1.30. The highest BCUT2D eigenvalue weighted by Gasteiger charge is 2.24. The maximum atomic E-state index is 12.0. The van der Waals surface area contributed by atoms with Crippen LogP contribution in [-0.4, -0.2) is 66.2 Å². The summed E-state index contributed by atoms with van der Waals surface area (Å²) in [7, 11) is 2.02. The van der Waals surface area contributed by atoms with E-state index in [2.05, 4.69) is 10.2 Å². The first-order valence-corrected chi connectivity index (χ1v) is 6.40. The molecule has 0 aliphatic carbocycles. The van der Waals surface area contributed by atoms with Crippen molar-refractivity contribution in [2.45, 2.75) is 26.3 Å². The van der Waals surface area contributed by atoms with Crippen LogP contribution in [0.5, 0.6) is 0 Å². The zero-order valence-electron chi connectivity index (χ0n) is 11.3. The van der Waals surface area contributed by atoms with Crippen LogP contribution in [-0.2, 0) is 4.79 Å². The zero-order valence-corrected chi connectivity index (χ0v) is 11.3. The first-order chi connectivity index (χ1) is 8.43. The second kappa shape index (κ2) is 6.58. The molecule has 1 fully saturated rings. The van der Waals surface area contributed by atoms with E-state index in [9.17, 15) is 9.59 Å². The van der Waals surface area contributed by atoms with E-state index >= 15 is 0 Å². The number of carboxylic acids is 1. The van der Waals surface area contributed by atoms with Crippen molar-refractivity contribution in [2.75, 3.05) is 33.2 Å². The van der Waals surface area contributed by atoms with Crippen molar-refractivity contribution < 1.29 is 14.7 Å².